The molecule has 4 heteroatoms. The first kappa shape index (κ1) is 14.9. The monoisotopic (exact) mass is 411 g/mol. The van der Waals surface area contributed by atoms with Crippen LogP contribution in [0.5, 0.6) is 0 Å². The third-order valence-corrected chi connectivity index (χ3v) is 6.37. The van der Waals surface area contributed by atoms with E-state index >= 15 is 0 Å². The highest BCUT2D eigenvalue weighted by atomic mass is 127. The van der Waals surface area contributed by atoms with Gasteiger partial charge in [-0.05, 0) is 79.4 Å². The van der Waals surface area contributed by atoms with Crippen LogP contribution in [0.2, 0.25) is 0 Å². The van der Waals surface area contributed by atoms with Crippen molar-refractivity contribution < 1.29 is 9.53 Å². The molecule has 4 rings (SSSR count). The van der Waals surface area contributed by atoms with E-state index in [4.69, 9.17) is 4.74 Å². The number of benzene rings is 1. The lowest BCUT2D eigenvalue weighted by Gasteiger charge is -2.42. The van der Waals surface area contributed by atoms with E-state index in [0.29, 0.717) is 18.0 Å². The molecular weight excluding hydrogens is 389 g/mol. The summed E-state index contributed by atoms with van der Waals surface area (Å²) in [5, 5.41) is 0. The first-order chi connectivity index (χ1) is 10.6. The zero-order valence-corrected chi connectivity index (χ0v) is 15.0. The van der Waals surface area contributed by atoms with Gasteiger partial charge in [-0.3, -0.25) is 9.69 Å². The van der Waals surface area contributed by atoms with Crippen molar-refractivity contribution in [2.24, 2.45) is 5.92 Å². The van der Waals surface area contributed by atoms with Gasteiger partial charge in [-0.1, -0.05) is 12.1 Å². The van der Waals surface area contributed by atoms with Crippen LogP contribution in [-0.4, -0.2) is 36.1 Å². The molecule has 0 N–H and O–H groups in total. The van der Waals surface area contributed by atoms with Crippen LogP contribution in [0.15, 0.2) is 24.3 Å². The van der Waals surface area contributed by atoms with Gasteiger partial charge < -0.3 is 4.74 Å². The van der Waals surface area contributed by atoms with Crippen molar-refractivity contribution in [2.75, 3.05) is 7.05 Å². The minimum Gasteiger partial charge on any atom is -0.462 e. The molecule has 2 saturated heterocycles. The number of esters is 1. The van der Waals surface area contributed by atoms with Crippen LogP contribution in [0, 0.1) is 9.49 Å². The summed E-state index contributed by atoms with van der Waals surface area (Å²) in [4.78, 5) is 15.2. The highest BCUT2D eigenvalue weighted by molar-refractivity contribution is 14.1. The highest BCUT2D eigenvalue weighted by Crippen LogP contribution is 2.47. The SMILES string of the molecule is CN1[C@H]2CC[C@@H]1[C@@H](C(=O)OC1CC1)[C@@H](c1ccc(I)cc1)C2. The molecule has 2 heterocycles. The fourth-order valence-corrected chi connectivity index (χ4v) is 4.63. The predicted molar refractivity (Wildman–Crippen MR) is 93.7 cm³/mol. The van der Waals surface area contributed by atoms with Crippen LogP contribution in [0.25, 0.3) is 0 Å². The van der Waals surface area contributed by atoms with Crippen LogP contribution in [0.4, 0.5) is 0 Å². The molecule has 2 aliphatic heterocycles. The number of carbonyl (C=O) groups is 1. The average molecular weight is 411 g/mol. The summed E-state index contributed by atoms with van der Waals surface area (Å²) in [6, 6.07) is 9.69. The Kier molecular flexibility index (Phi) is 3.93. The molecule has 3 fully saturated rings. The smallest absolute Gasteiger partial charge is 0.311 e. The second-order valence-corrected chi connectivity index (χ2v) is 8.27. The van der Waals surface area contributed by atoms with Crippen molar-refractivity contribution in [3.05, 3.63) is 33.4 Å². The number of halogens is 1. The van der Waals surface area contributed by atoms with E-state index in [-0.39, 0.29) is 18.0 Å². The fourth-order valence-electron chi connectivity index (χ4n) is 4.27. The minimum atomic E-state index is 0.00408. The zero-order chi connectivity index (χ0) is 15.3. The van der Waals surface area contributed by atoms with Gasteiger partial charge in [-0.25, -0.2) is 0 Å². The molecule has 1 aromatic carbocycles. The van der Waals surface area contributed by atoms with Crippen LogP contribution in [0.1, 0.15) is 43.6 Å². The highest BCUT2D eigenvalue weighted by Gasteiger charge is 2.50. The number of ether oxygens (including phenoxy) is 1. The Morgan fingerprint density at radius 2 is 1.91 bits per heavy atom. The zero-order valence-electron chi connectivity index (χ0n) is 12.9. The van der Waals surface area contributed by atoms with Gasteiger partial charge >= 0.3 is 5.97 Å². The lowest BCUT2D eigenvalue weighted by atomic mass is 9.76. The standard InChI is InChI=1S/C18H22INO2/c1-20-13-6-9-16(20)17(18(21)22-14-7-8-14)15(10-13)11-2-4-12(19)5-3-11/h2-5,13-17H,6-10H2,1H3/t13-,15+,16+,17-/m0/s1. The Bertz CT molecular complexity index is 569. The van der Waals surface area contributed by atoms with Crippen molar-refractivity contribution in [3.8, 4) is 0 Å². The summed E-state index contributed by atoms with van der Waals surface area (Å²) >= 11 is 2.33. The maximum atomic E-state index is 12.8. The largest absolute Gasteiger partial charge is 0.462 e. The second-order valence-electron chi connectivity index (χ2n) is 7.02. The van der Waals surface area contributed by atoms with Crippen LogP contribution < -0.4 is 0 Å². The molecule has 1 aliphatic carbocycles. The van der Waals surface area contributed by atoms with Crippen molar-refractivity contribution in [3.63, 3.8) is 0 Å². The molecule has 0 aromatic heterocycles. The number of hydrogen-bond acceptors (Lipinski definition) is 3. The van der Waals surface area contributed by atoms with Crippen molar-refractivity contribution in [1.29, 1.82) is 0 Å². The van der Waals surface area contributed by atoms with Gasteiger partial charge in [-0.15, -0.1) is 0 Å². The molecule has 2 bridgehead atoms. The summed E-state index contributed by atoms with van der Waals surface area (Å²) in [6.07, 6.45) is 5.74. The van der Waals surface area contributed by atoms with Crippen LogP contribution in [-0.2, 0) is 9.53 Å². The molecule has 4 atom stereocenters. The van der Waals surface area contributed by atoms with Gasteiger partial charge in [0.1, 0.15) is 6.10 Å². The molecular formula is C18H22INO2. The van der Waals surface area contributed by atoms with Crippen LogP contribution in [0.3, 0.4) is 0 Å². The van der Waals surface area contributed by atoms with E-state index in [1.807, 2.05) is 0 Å². The molecule has 1 aromatic rings. The van der Waals surface area contributed by atoms with Crippen molar-refractivity contribution in [2.45, 2.75) is 56.2 Å². The first-order valence-electron chi connectivity index (χ1n) is 8.31. The Morgan fingerprint density at radius 3 is 2.59 bits per heavy atom. The van der Waals surface area contributed by atoms with E-state index in [2.05, 4.69) is 58.8 Å². The van der Waals surface area contributed by atoms with Gasteiger partial charge in [0.2, 0.25) is 0 Å². The average Bonchev–Trinajstić information content (AvgIpc) is 3.27. The molecule has 1 saturated carbocycles. The number of piperidine rings is 1. The molecule has 0 radical (unpaired) electrons. The molecule has 118 valence electrons. The Balaban J connectivity index is 1.64. The molecule has 0 unspecified atom stereocenters. The molecule has 0 amide bonds. The van der Waals surface area contributed by atoms with Crippen molar-refractivity contribution in [1.82, 2.24) is 4.90 Å². The summed E-state index contributed by atoms with van der Waals surface area (Å²) < 4.78 is 6.95. The number of fused-ring (bicyclic) bond motifs is 2. The lowest BCUT2D eigenvalue weighted by Crippen LogP contribution is -2.49. The van der Waals surface area contributed by atoms with Gasteiger partial charge in [0.05, 0.1) is 5.92 Å². The number of hydrogen-bond donors (Lipinski definition) is 0. The summed E-state index contributed by atoms with van der Waals surface area (Å²) in [5.74, 6) is 0.365. The lowest BCUT2D eigenvalue weighted by molar-refractivity contribution is -0.154. The maximum absolute atomic E-state index is 12.8. The molecule has 22 heavy (non-hydrogen) atoms. The second kappa shape index (κ2) is 5.78. The topological polar surface area (TPSA) is 29.5 Å². The number of rotatable bonds is 3. The normalized spacial score (nSPS) is 34.6. The third kappa shape index (κ3) is 2.68. The summed E-state index contributed by atoms with van der Waals surface area (Å²) in [7, 11) is 2.18. The van der Waals surface area contributed by atoms with E-state index in [0.717, 1.165) is 25.7 Å². The van der Waals surface area contributed by atoms with Gasteiger partial charge in [-0.2, -0.15) is 0 Å². The van der Waals surface area contributed by atoms with Gasteiger partial charge in [0, 0.05) is 21.6 Å². The third-order valence-electron chi connectivity index (χ3n) is 5.65. The van der Waals surface area contributed by atoms with E-state index in [9.17, 15) is 4.79 Å². The Morgan fingerprint density at radius 1 is 1.18 bits per heavy atom. The first-order valence-corrected chi connectivity index (χ1v) is 9.39. The summed E-state index contributed by atoms with van der Waals surface area (Å²) in [5.41, 5.74) is 1.31. The Hall–Kier alpha value is -0.620. The van der Waals surface area contributed by atoms with Crippen molar-refractivity contribution >= 4 is 28.6 Å². The molecule has 3 aliphatic rings. The maximum Gasteiger partial charge on any atom is 0.311 e. The molecule has 0 spiro atoms. The minimum absolute atomic E-state index is 0.00408. The van der Waals surface area contributed by atoms with Gasteiger partial charge in [0.15, 0.2) is 0 Å². The van der Waals surface area contributed by atoms with Gasteiger partial charge in [0.25, 0.3) is 0 Å². The van der Waals surface area contributed by atoms with E-state index in [1.165, 1.54) is 15.6 Å². The number of carbonyl (C=O) groups excluding carboxylic acids is 1. The van der Waals surface area contributed by atoms with Crippen LogP contribution >= 0.6 is 22.6 Å². The van der Waals surface area contributed by atoms with E-state index in [1.54, 1.807) is 0 Å². The quantitative estimate of drug-likeness (QED) is 0.563. The summed E-state index contributed by atoms with van der Waals surface area (Å²) in [6.45, 7) is 0. The van der Waals surface area contributed by atoms with E-state index < -0.39 is 0 Å². The fraction of sp³-hybridized carbons (Fsp3) is 0.611. The number of nitrogens with zero attached hydrogens (tertiary/aromatic N) is 1. The predicted octanol–water partition coefficient (Wildman–Crippen LogP) is 3.56. The molecule has 3 nitrogen and oxygen atoms in total. The Labute approximate surface area is 145 Å².